The van der Waals surface area contributed by atoms with Gasteiger partial charge >= 0.3 is 5.91 Å². The summed E-state index contributed by atoms with van der Waals surface area (Å²) in [6.07, 6.45) is 1.45. The van der Waals surface area contributed by atoms with Crippen molar-refractivity contribution < 1.29 is 29.5 Å². The second-order valence-electron chi connectivity index (χ2n) is 4.27. The van der Waals surface area contributed by atoms with E-state index in [-0.39, 0.29) is 23.7 Å². The quantitative estimate of drug-likeness (QED) is 0.339. The lowest BCUT2D eigenvalue weighted by atomic mass is 10.1. The van der Waals surface area contributed by atoms with Crippen molar-refractivity contribution in [2.45, 2.75) is 6.92 Å². The first-order valence-corrected chi connectivity index (χ1v) is 6.71. The van der Waals surface area contributed by atoms with E-state index in [1.807, 2.05) is 0 Å². The number of hydrazone groups is 1. The summed E-state index contributed by atoms with van der Waals surface area (Å²) in [5, 5.41) is 15.1. The molecule has 0 aliphatic carbocycles. The van der Waals surface area contributed by atoms with Crippen LogP contribution in [0.2, 0.25) is 0 Å². The minimum Gasteiger partial charge on any atom is -0.264 e. The molecule has 0 unspecified atom stereocenters. The molecule has 1 N–H and O–H groups in total. The maximum Gasteiger partial charge on any atom is 0.306 e. The van der Waals surface area contributed by atoms with Crippen molar-refractivity contribution in [2.24, 2.45) is 5.10 Å². The third kappa shape index (κ3) is 4.11. The van der Waals surface area contributed by atoms with Gasteiger partial charge in [-0.15, -0.1) is 10.1 Å². The van der Waals surface area contributed by atoms with Gasteiger partial charge in [-0.2, -0.15) is 0 Å². The number of amidine groups is 1. The van der Waals surface area contributed by atoms with Crippen molar-refractivity contribution in [2.75, 3.05) is 13.7 Å². The highest BCUT2D eigenvalue weighted by Crippen LogP contribution is 2.20. The normalized spacial score (nSPS) is 15.8. The predicted octanol–water partition coefficient (Wildman–Crippen LogP) is 1.10. The second kappa shape index (κ2) is 8.12. The molecule has 1 aromatic rings. The lowest BCUT2D eigenvalue weighted by Gasteiger charge is -2.07. The van der Waals surface area contributed by atoms with E-state index in [0.29, 0.717) is 10.7 Å². The largest absolute Gasteiger partial charge is 0.306 e. The number of nitro groups is 1. The SMILES string of the molecule is CCOON1N=C(NOOC)/C(=C/c2ccc([N+](=O)[O-])cc2)C1=O. The van der Waals surface area contributed by atoms with Crippen LogP contribution in [0.3, 0.4) is 0 Å². The fourth-order valence-electron chi connectivity index (χ4n) is 1.69. The van der Waals surface area contributed by atoms with Gasteiger partial charge in [0.25, 0.3) is 5.69 Å². The van der Waals surface area contributed by atoms with E-state index in [0.717, 1.165) is 0 Å². The van der Waals surface area contributed by atoms with Crippen LogP contribution in [0.25, 0.3) is 6.08 Å². The molecule has 1 aliphatic heterocycles. The molecule has 0 aromatic heterocycles. The van der Waals surface area contributed by atoms with Crippen molar-refractivity contribution in [1.82, 2.24) is 10.7 Å². The van der Waals surface area contributed by atoms with Gasteiger partial charge in [0, 0.05) is 12.1 Å². The number of benzene rings is 1. The number of nitrogens with one attached hydrogen (secondary N) is 1. The monoisotopic (exact) mass is 338 g/mol. The van der Waals surface area contributed by atoms with E-state index >= 15 is 0 Å². The molecule has 0 saturated heterocycles. The zero-order valence-electron chi connectivity index (χ0n) is 12.8. The van der Waals surface area contributed by atoms with Crippen molar-refractivity contribution in [3.05, 3.63) is 45.5 Å². The van der Waals surface area contributed by atoms with Crippen LogP contribution < -0.4 is 5.48 Å². The van der Waals surface area contributed by atoms with E-state index in [2.05, 4.69) is 25.3 Å². The molecule has 0 bridgehead atoms. The summed E-state index contributed by atoms with van der Waals surface area (Å²) in [6, 6.07) is 5.60. The standard InChI is InChI=1S/C13H14N4O7/c1-3-22-24-16-13(18)11(12(14-16)15-23-21-2)8-9-4-6-10(7-5-9)17(19)20/h4-8H,3H2,1-2H3,(H,14,15)/b11-8-. The average Bonchev–Trinajstić information content (AvgIpc) is 2.87. The number of non-ortho nitro benzene ring substituents is 1. The van der Waals surface area contributed by atoms with Gasteiger partial charge in [0.2, 0.25) is 0 Å². The molecule has 0 radical (unpaired) electrons. The molecule has 128 valence electrons. The van der Waals surface area contributed by atoms with Gasteiger partial charge in [0.05, 0.1) is 24.2 Å². The Hall–Kier alpha value is -2.86. The van der Waals surface area contributed by atoms with Crippen LogP contribution >= 0.6 is 0 Å². The minimum absolute atomic E-state index is 0.0138. The number of nitro benzene ring substituents is 1. The Bertz CT molecular complexity index is 671. The van der Waals surface area contributed by atoms with Crippen LogP contribution in [-0.2, 0) is 24.5 Å². The summed E-state index contributed by atoms with van der Waals surface area (Å²) in [4.78, 5) is 40.8. The van der Waals surface area contributed by atoms with E-state index in [4.69, 9.17) is 4.99 Å². The summed E-state index contributed by atoms with van der Waals surface area (Å²) in [7, 11) is 1.26. The van der Waals surface area contributed by atoms with E-state index < -0.39 is 10.8 Å². The highest BCUT2D eigenvalue weighted by Gasteiger charge is 2.32. The molecule has 2 rings (SSSR count). The number of carbonyl (C=O) groups is 1. The summed E-state index contributed by atoms with van der Waals surface area (Å²) in [5.74, 6) is -0.607. The van der Waals surface area contributed by atoms with E-state index in [1.54, 1.807) is 6.92 Å². The molecule has 0 spiro atoms. The number of rotatable bonds is 7. The van der Waals surface area contributed by atoms with Crippen LogP contribution in [0.4, 0.5) is 5.69 Å². The third-order valence-electron chi connectivity index (χ3n) is 2.73. The number of hydrogen-bond acceptors (Lipinski definition) is 9. The summed E-state index contributed by atoms with van der Waals surface area (Å²) < 4.78 is 0. The molecular weight excluding hydrogens is 324 g/mol. The number of amides is 1. The third-order valence-corrected chi connectivity index (χ3v) is 2.73. The first-order chi connectivity index (χ1) is 11.6. The molecule has 11 nitrogen and oxygen atoms in total. The van der Waals surface area contributed by atoms with Gasteiger partial charge in [0.1, 0.15) is 0 Å². The Morgan fingerprint density at radius 2 is 2.08 bits per heavy atom. The van der Waals surface area contributed by atoms with E-state index in [1.165, 1.54) is 37.5 Å². The van der Waals surface area contributed by atoms with Gasteiger partial charge in [-0.3, -0.25) is 14.9 Å². The van der Waals surface area contributed by atoms with Crippen molar-refractivity contribution in [1.29, 1.82) is 0 Å². The molecule has 24 heavy (non-hydrogen) atoms. The van der Waals surface area contributed by atoms with Gasteiger partial charge in [-0.25, -0.2) is 15.3 Å². The lowest BCUT2D eigenvalue weighted by Crippen LogP contribution is -2.26. The molecule has 1 aromatic carbocycles. The highest BCUT2D eigenvalue weighted by molar-refractivity contribution is 6.26. The lowest BCUT2D eigenvalue weighted by molar-refractivity contribution is -0.407. The van der Waals surface area contributed by atoms with Gasteiger partial charge in [-0.05, 0) is 30.7 Å². The molecule has 0 fully saturated rings. The maximum absolute atomic E-state index is 12.3. The predicted molar refractivity (Wildman–Crippen MR) is 79.3 cm³/mol. The average molecular weight is 338 g/mol. The molecule has 0 saturated carbocycles. The molecule has 1 heterocycles. The van der Waals surface area contributed by atoms with Crippen LogP contribution in [0, 0.1) is 10.1 Å². The van der Waals surface area contributed by atoms with Crippen LogP contribution in [0.15, 0.2) is 34.9 Å². The van der Waals surface area contributed by atoms with Gasteiger partial charge in [-0.1, -0.05) is 10.2 Å². The fourth-order valence-corrected chi connectivity index (χ4v) is 1.69. The first-order valence-electron chi connectivity index (χ1n) is 6.71. The van der Waals surface area contributed by atoms with E-state index in [9.17, 15) is 14.9 Å². The molecule has 1 aliphatic rings. The Morgan fingerprint density at radius 1 is 1.38 bits per heavy atom. The van der Waals surface area contributed by atoms with Crippen LogP contribution in [0.5, 0.6) is 0 Å². The Morgan fingerprint density at radius 3 is 2.67 bits per heavy atom. The topological polar surface area (TPSA) is 125 Å². The molecule has 0 atom stereocenters. The minimum atomic E-state index is -0.621. The molecule has 11 heteroatoms. The zero-order chi connectivity index (χ0) is 17.5. The second-order valence-corrected chi connectivity index (χ2v) is 4.27. The zero-order valence-corrected chi connectivity index (χ0v) is 12.8. The van der Waals surface area contributed by atoms with Crippen LogP contribution in [-0.4, -0.2) is 35.6 Å². The summed E-state index contributed by atoms with van der Waals surface area (Å²) in [6.45, 7) is 1.88. The smallest absolute Gasteiger partial charge is 0.264 e. The maximum atomic E-state index is 12.3. The first kappa shape index (κ1) is 17.5. The highest BCUT2D eigenvalue weighted by atomic mass is 17.3. The Kier molecular flexibility index (Phi) is 5.92. The number of hydrogen-bond donors (Lipinski definition) is 1. The van der Waals surface area contributed by atoms with Crippen molar-refractivity contribution in [3.63, 3.8) is 0 Å². The van der Waals surface area contributed by atoms with Crippen molar-refractivity contribution in [3.8, 4) is 0 Å². The fraction of sp³-hybridized carbons (Fsp3) is 0.231. The van der Waals surface area contributed by atoms with Crippen molar-refractivity contribution >= 4 is 23.5 Å². The summed E-state index contributed by atoms with van der Waals surface area (Å²) in [5.41, 5.74) is 2.88. The van der Waals surface area contributed by atoms with Crippen LogP contribution in [0.1, 0.15) is 12.5 Å². The molecular formula is C13H14N4O7. The van der Waals surface area contributed by atoms with Gasteiger partial charge < -0.3 is 0 Å². The summed E-state index contributed by atoms with van der Waals surface area (Å²) >= 11 is 0. The molecule has 1 amide bonds. The number of hydroxylamine groups is 2. The number of carbonyl (C=O) groups excluding carboxylic acids is 1. The van der Waals surface area contributed by atoms with Gasteiger partial charge in [0.15, 0.2) is 5.84 Å². The Balaban J connectivity index is 2.25. The number of nitrogens with zero attached hydrogens (tertiary/aromatic N) is 3. The Labute approximate surface area is 136 Å².